The Kier molecular flexibility index (Phi) is 8.86. The number of aromatic nitrogens is 4. The summed E-state index contributed by atoms with van der Waals surface area (Å²) in [6.07, 6.45) is 0.265. The van der Waals surface area contributed by atoms with Gasteiger partial charge < -0.3 is 29.5 Å². The predicted molar refractivity (Wildman–Crippen MR) is 177 cm³/mol. The Balaban J connectivity index is 1.32. The van der Waals surface area contributed by atoms with E-state index in [2.05, 4.69) is 27.5 Å². The highest BCUT2D eigenvalue weighted by Gasteiger charge is 2.44. The van der Waals surface area contributed by atoms with Gasteiger partial charge in [-0.3, -0.25) is 0 Å². The van der Waals surface area contributed by atoms with E-state index in [4.69, 9.17) is 26.1 Å². The van der Waals surface area contributed by atoms with Crippen molar-refractivity contribution in [3.05, 3.63) is 64.3 Å². The van der Waals surface area contributed by atoms with Gasteiger partial charge in [0.2, 0.25) is 11.9 Å². The topological polar surface area (TPSA) is 148 Å². The molecule has 2 aliphatic rings. The molecule has 2 aromatic carbocycles. The second kappa shape index (κ2) is 13.0. The monoisotopic (exact) mass is 672 g/mol. The number of piperazine rings is 1. The van der Waals surface area contributed by atoms with Crippen molar-refractivity contribution in [3.8, 4) is 17.9 Å². The van der Waals surface area contributed by atoms with Crippen molar-refractivity contribution in [2.75, 3.05) is 48.4 Å². The maximum absolute atomic E-state index is 14.7. The molecule has 15 heteroatoms. The third-order valence-corrected chi connectivity index (χ3v) is 8.42. The number of ether oxygens (including phenoxy) is 2. The summed E-state index contributed by atoms with van der Waals surface area (Å²) in [5, 5.41) is 27.5. The smallest absolute Gasteiger partial charge is 0.410 e. The van der Waals surface area contributed by atoms with Crippen molar-refractivity contribution in [1.29, 1.82) is 10.5 Å². The van der Waals surface area contributed by atoms with E-state index < -0.39 is 17.8 Å². The molecule has 6 rings (SSSR count). The first kappa shape index (κ1) is 32.6. The molecule has 2 fully saturated rings. The first-order valence-electron chi connectivity index (χ1n) is 15.4. The maximum atomic E-state index is 14.7. The molecule has 2 atom stereocenters. The molecule has 4 aromatic rings. The first-order valence-corrected chi connectivity index (χ1v) is 15.8. The van der Waals surface area contributed by atoms with E-state index in [0.717, 1.165) is 5.56 Å². The number of carbonyl (C=O) groups excluding carboxylic acids is 1. The van der Waals surface area contributed by atoms with Crippen molar-refractivity contribution in [3.63, 3.8) is 0 Å². The van der Waals surface area contributed by atoms with Gasteiger partial charge in [-0.25, -0.2) is 9.18 Å². The molecule has 0 unspecified atom stereocenters. The number of nitrogens with zero attached hydrogens (tertiary/aromatic N) is 9. The summed E-state index contributed by atoms with van der Waals surface area (Å²) in [5.41, 5.74) is 2.04. The third-order valence-electron chi connectivity index (χ3n) is 8.02. The lowest BCUT2D eigenvalue weighted by Gasteiger charge is -2.37. The van der Waals surface area contributed by atoms with Crippen LogP contribution in [0.2, 0.25) is 5.02 Å². The molecule has 3 heterocycles. The summed E-state index contributed by atoms with van der Waals surface area (Å²) in [4.78, 5) is 27.4. The number of hydrogen-bond donors (Lipinski definition) is 1. The van der Waals surface area contributed by atoms with Crippen LogP contribution < -0.4 is 19.9 Å². The second-order valence-electron chi connectivity index (χ2n) is 12.6. The number of amides is 1. The van der Waals surface area contributed by atoms with Gasteiger partial charge >= 0.3 is 6.09 Å². The van der Waals surface area contributed by atoms with Crippen LogP contribution in [0.1, 0.15) is 43.9 Å². The molecule has 1 aliphatic heterocycles. The Labute approximate surface area is 282 Å². The summed E-state index contributed by atoms with van der Waals surface area (Å²) in [7, 11) is 1.59. The standard InChI is InChI=1S/C33H34ClFN10O3/c1-33(2,3)48-32(46)43-11-9-42(10-12-43)27-14-21(16-36)13-25(28(27)34)39-30-40-29-22(17-37)18-38-45(29)31(41-30)44(26-15-24(26)35)19-20-5-7-23(47-4)8-6-20/h5-8,13-14,18,24,26H,9-12,15,19H2,1-4H3,(H,39,40)/t24-,26+/m0/s1. The minimum Gasteiger partial charge on any atom is -0.497 e. The number of nitrogens with one attached hydrogen (secondary N) is 1. The zero-order chi connectivity index (χ0) is 34.2. The van der Waals surface area contributed by atoms with E-state index in [1.54, 1.807) is 24.1 Å². The maximum Gasteiger partial charge on any atom is 0.410 e. The Morgan fingerprint density at radius 2 is 1.83 bits per heavy atom. The van der Waals surface area contributed by atoms with Gasteiger partial charge in [0.15, 0.2) is 5.65 Å². The highest BCUT2D eigenvalue weighted by molar-refractivity contribution is 6.36. The fourth-order valence-corrected chi connectivity index (χ4v) is 5.77. The number of rotatable bonds is 8. The number of methoxy groups -OCH3 is 1. The molecule has 0 radical (unpaired) electrons. The lowest BCUT2D eigenvalue weighted by atomic mass is 10.1. The normalized spacial score (nSPS) is 17.4. The molecule has 1 aliphatic carbocycles. The van der Waals surface area contributed by atoms with Gasteiger partial charge in [0, 0.05) is 39.1 Å². The molecule has 1 saturated heterocycles. The Hall–Kier alpha value is -5.34. The van der Waals surface area contributed by atoms with E-state index in [0.29, 0.717) is 66.9 Å². The van der Waals surface area contributed by atoms with E-state index in [-0.39, 0.29) is 29.2 Å². The fraction of sp³-hybridized carbons (Fsp3) is 0.394. The molecule has 0 spiro atoms. The number of hydrogen-bond acceptors (Lipinski definition) is 11. The SMILES string of the molecule is COc1ccc(CN(c2nc(Nc3cc(C#N)cc(N4CCN(C(=O)OC(C)(C)C)CC4)c3Cl)nc3c(C#N)cnn23)[C@@H]2C[C@@H]2F)cc1. The molecule has 1 N–H and O–H groups in total. The molecule has 1 amide bonds. The summed E-state index contributed by atoms with van der Waals surface area (Å²) < 4.78 is 26.9. The average molecular weight is 673 g/mol. The number of halogens is 2. The molecular weight excluding hydrogens is 639 g/mol. The third kappa shape index (κ3) is 6.85. The zero-order valence-electron chi connectivity index (χ0n) is 26.9. The summed E-state index contributed by atoms with van der Waals surface area (Å²) in [5.74, 6) is 1.07. The summed E-state index contributed by atoms with van der Waals surface area (Å²) in [6, 6.07) is 14.6. The number of nitriles is 2. The molecule has 2 aromatic heterocycles. The lowest BCUT2D eigenvalue weighted by molar-refractivity contribution is 0.0240. The number of benzene rings is 2. The second-order valence-corrected chi connectivity index (χ2v) is 13.0. The van der Waals surface area contributed by atoms with Crippen LogP contribution in [0, 0.1) is 22.7 Å². The van der Waals surface area contributed by atoms with Gasteiger partial charge in [0.05, 0.1) is 47.4 Å². The molecule has 13 nitrogen and oxygen atoms in total. The summed E-state index contributed by atoms with van der Waals surface area (Å²) in [6.45, 7) is 7.53. The van der Waals surface area contributed by atoms with E-state index in [1.165, 1.54) is 10.7 Å². The molecule has 48 heavy (non-hydrogen) atoms. The Morgan fingerprint density at radius 3 is 2.44 bits per heavy atom. The number of alkyl halides is 1. The minimum atomic E-state index is -1.06. The largest absolute Gasteiger partial charge is 0.497 e. The van der Waals surface area contributed by atoms with Gasteiger partial charge in [-0.2, -0.15) is 30.1 Å². The highest BCUT2D eigenvalue weighted by Crippen LogP contribution is 2.39. The van der Waals surface area contributed by atoms with E-state index in [1.807, 2.05) is 54.8 Å². The van der Waals surface area contributed by atoms with Crippen LogP contribution in [-0.2, 0) is 11.3 Å². The minimum absolute atomic E-state index is 0.0861. The van der Waals surface area contributed by atoms with Crippen LogP contribution in [0.4, 0.5) is 32.5 Å². The van der Waals surface area contributed by atoms with Crippen molar-refractivity contribution in [2.24, 2.45) is 0 Å². The van der Waals surface area contributed by atoms with Gasteiger partial charge in [-0.1, -0.05) is 23.7 Å². The Bertz CT molecular complexity index is 1920. The van der Waals surface area contributed by atoms with Crippen molar-refractivity contribution in [2.45, 2.75) is 51.6 Å². The van der Waals surface area contributed by atoms with Crippen LogP contribution in [0.3, 0.4) is 0 Å². The van der Waals surface area contributed by atoms with Gasteiger partial charge in [0.1, 0.15) is 29.2 Å². The van der Waals surface area contributed by atoms with Gasteiger partial charge in [0.25, 0.3) is 0 Å². The predicted octanol–water partition coefficient (Wildman–Crippen LogP) is 5.45. The van der Waals surface area contributed by atoms with Crippen LogP contribution in [-0.4, -0.2) is 81.7 Å². The first-order chi connectivity index (χ1) is 23.0. The molecule has 1 saturated carbocycles. The molecule has 248 valence electrons. The van der Waals surface area contributed by atoms with Gasteiger partial charge in [-0.05, 0) is 50.6 Å². The Morgan fingerprint density at radius 1 is 1.12 bits per heavy atom. The van der Waals surface area contributed by atoms with Crippen LogP contribution >= 0.6 is 11.6 Å². The van der Waals surface area contributed by atoms with E-state index >= 15 is 0 Å². The number of anilines is 4. The number of carbonyl (C=O) groups is 1. The summed E-state index contributed by atoms with van der Waals surface area (Å²) >= 11 is 6.96. The molecular formula is C33H34ClFN10O3. The van der Waals surface area contributed by atoms with E-state index in [9.17, 15) is 19.7 Å². The zero-order valence-corrected chi connectivity index (χ0v) is 27.7. The number of fused-ring (bicyclic) bond motifs is 1. The van der Waals surface area contributed by atoms with Crippen molar-refractivity contribution >= 4 is 46.6 Å². The van der Waals surface area contributed by atoms with Crippen molar-refractivity contribution < 1.29 is 18.7 Å². The van der Waals surface area contributed by atoms with Crippen LogP contribution in [0.5, 0.6) is 5.75 Å². The fourth-order valence-electron chi connectivity index (χ4n) is 5.49. The molecule has 0 bridgehead atoms. The van der Waals surface area contributed by atoms with Crippen LogP contribution in [0.15, 0.2) is 42.6 Å². The van der Waals surface area contributed by atoms with Crippen molar-refractivity contribution in [1.82, 2.24) is 24.5 Å². The highest BCUT2D eigenvalue weighted by atomic mass is 35.5. The quantitative estimate of drug-likeness (QED) is 0.255. The average Bonchev–Trinajstić information content (AvgIpc) is 3.65. The lowest BCUT2D eigenvalue weighted by Crippen LogP contribution is -2.50. The van der Waals surface area contributed by atoms with Gasteiger partial charge in [-0.15, -0.1) is 0 Å². The van der Waals surface area contributed by atoms with Crippen LogP contribution in [0.25, 0.3) is 5.65 Å².